The molecule has 2 fully saturated rings. The van der Waals surface area contributed by atoms with Crippen LogP contribution in [0.4, 0.5) is 5.82 Å². The molecule has 2 N–H and O–H groups in total. The highest BCUT2D eigenvalue weighted by molar-refractivity contribution is 5.90. The fourth-order valence-corrected chi connectivity index (χ4v) is 3.83. The molecule has 5 heteroatoms. The summed E-state index contributed by atoms with van der Waals surface area (Å²) >= 11 is 0. The minimum Gasteiger partial charge on any atom is -0.327 e. The summed E-state index contributed by atoms with van der Waals surface area (Å²) in [5, 5.41) is 7.48. The molecule has 1 aromatic rings. The zero-order valence-electron chi connectivity index (χ0n) is 13.0. The summed E-state index contributed by atoms with van der Waals surface area (Å²) in [5.41, 5.74) is 0. The van der Waals surface area contributed by atoms with Gasteiger partial charge in [0.25, 0.3) is 5.91 Å². The highest BCUT2D eigenvalue weighted by Crippen LogP contribution is 2.31. The van der Waals surface area contributed by atoms with Crippen LogP contribution in [0.15, 0.2) is 12.3 Å². The van der Waals surface area contributed by atoms with Gasteiger partial charge in [0.05, 0.1) is 25.3 Å². The van der Waals surface area contributed by atoms with Gasteiger partial charge in [-0.05, 0) is 25.7 Å². The number of nitrogens with one attached hydrogen (secondary N) is 2. The van der Waals surface area contributed by atoms with Crippen molar-refractivity contribution in [2.75, 3.05) is 25.0 Å². The second kappa shape index (κ2) is 6.60. The maximum atomic E-state index is 12.3. The lowest BCUT2D eigenvalue weighted by atomic mass is 10.0. The van der Waals surface area contributed by atoms with Crippen molar-refractivity contribution in [3.63, 3.8) is 0 Å². The van der Waals surface area contributed by atoms with Crippen LogP contribution in [-0.2, 0) is 4.79 Å². The number of carbonyl (C=O) groups excluding carboxylic acids is 1. The van der Waals surface area contributed by atoms with Gasteiger partial charge in [-0.1, -0.05) is 19.8 Å². The zero-order valence-corrected chi connectivity index (χ0v) is 13.0. The molecule has 0 radical (unpaired) electrons. The molecule has 1 amide bonds. The van der Waals surface area contributed by atoms with Crippen LogP contribution in [0.25, 0.3) is 0 Å². The first-order chi connectivity index (χ1) is 10.2. The first-order valence-electron chi connectivity index (χ1n) is 8.39. The van der Waals surface area contributed by atoms with Crippen molar-refractivity contribution >= 4 is 11.7 Å². The molecule has 21 heavy (non-hydrogen) atoms. The van der Waals surface area contributed by atoms with E-state index >= 15 is 0 Å². The Bertz CT molecular complexity index is 478. The second-order valence-electron chi connectivity index (χ2n) is 6.78. The minimum absolute atomic E-state index is 0.124. The Balaban J connectivity index is 1.56. The molecule has 1 unspecified atom stereocenters. The fraction of sp³-hybridized carbons (Fsp3) is 0.750. The molecule has 5 nitrogen and oxygen atoms in total. The first kappa shape index (κ1) is 14.6. The van der Waals surface area contributed by atoms with E-state index < -0.39 is 0 Å². The van der Waals surface area contributed by atoms with Crippen molar-refractivity contribution in [2.24, 2.45) is 5.92 Å². The molecular formula is C16H27N4O+. The van der Waals surface area contributed by atoms with Crippen molar-refractivity contribution in [1.82, 2.24) is 9.78 Å². The van der Waals surface area contributed by atoms with E-state index in [0.29, 0.717) is 12.6 Å². The van der Waals surface area contributed by atoms with Crippen molar-refractivity contribution in [3.8, 4) is 0 Å². The zero-order chi connectivity index (χ0) is 14.7. The molecule has 0 spiro atoms. The van der Waals surface area contributed by atoms with E-state index in [2.05, 4.69) is 17.3 Å². The quantitative estimate of drug-likeness (QED) is 0.877. The predicted octanol–water partition coefficient (Wildman–Crippen LogP) is 1.25. The molecule has 1 aliphatic heterocycles. The van der Waals surface area contributed by atoms with Gasteiger partial charge in [0.15, 0.2) is 6.54 Å². The molecule has 116 valence electrons. The van der Waals surface area contributed by atoms with Crippen molar-refractivity contribution in [3.05, 3.63) is 12.3 Å². The van der Waals surface area contributed by atoms with E-state index in [1.165, 1.54) is 43.4 Å². The smallest absolute Gasteiger partial charge is 0.280 e. The molecule has 1 aromatic heterocycles. The Morgan fingerprint density at radius 2 is 2.19 bits per heavy atom. The SMILES string of the molecule is C[C@H]1CCC[NH+](CC(=O)Nc2ccnn2C2CCCC2)C1. The van der Waals surface area contributed by atoms with Crippen LogP contribution in [-0.4, -0.2) is 35.3 Å². The number of piperidine rings is 1. The van der Waals surface area contributed by atoms with E-state index in [1.807, 2.05) is 10.7 Å². The summed E-state index contributed by atoms with van der Waals surface area (Å²) in [6.45, 7) is 5.11. The summed E-state index contributed by atoms with van der Waals surface area (Å²) in [5.74, 6) is 1.74. The van der Waals surface area contributed by atoms with Crippen molar-refractivity contribution in [2.45, 2.75) is 51.5 Å². The standard InChI is InChI=1S/C16H26N4O/c1-13-5-4-10-19(11-13)12-16(21)18-15-8-9-17-20(15)14-6-2-3-7-14/h8-9,13-14H,2-7,10-12H2,1H3,(H,18,21)/p+1/t13-/m0/s1. The lowest BCUT2D eigenvalue weighted by Crippen LogP contribution is -3.14. The molecule has 3 rings (SSSR count). The van der Waals surface area contributed by atoms with Gasteiger partial charge in [0.2, 0.25) is 0 Å². The summed E-state index contributed by atoms with van der Waals surface area (Å²) in [6, 6.07) is 2.39. The van der Waals surface area contributed by atoms with E-state index in [1.54, 1.807) is 6.20 Å². The number of quaternary nitrogens is 1. The largest absolute Gasteiger partial charge is 0.327 e. The Hall–Kier alpha value is -1.36. The number of hydrogen-bond acceptors (Lipinski definition) is 2. The van der Waals surface area contributed by atoms with Gasteiger partial charge in [-0.15, -0.1) is 0 Å². The van der Waals surface area contributed by atoms with Gasteiger partial charge >= 0.3 is 0 Å². The van der Waals surface area contributed by atoms with Crippen molar-refractivity contribution < 1.29 is 9.69 Å². The maximum absolute atomic E-state index is 12.3. The van der Waals surface area contributed by atoms with Gasteiger partial charge in [-0.2, -0.15) is 5.10 Å². The number of likely N-dealkylation sites (tertiary alicyclic amines) is 1. The molecule has 0 aromatic carbocycles. The predicted molar refractivity (Wildman–Crippen MR) is 82.3 cm³/mol. The Kier molecular flexibility index (Phi) is 4.58. The number of amides is 1. The van der Waals surface area contributed by atoms with Gasteiger partial charge in [0, 0.05) is 12.0 Å². The lowest BCUT2D eigenvalue weighted by Gasteiger charge is -2.27. The highest BCUT2D eigenvalue weighted by Gasteiger charge is 2.24. The Morgan fingerprint density at radius 1 is 1.38 bits per heavy atom. The van der Waals surface area contributed by atoms with Crippen LogP contribution < -0.4 is 10.2 Å². The van der Waals surface area contributed by atoms with Crippen LogP contribution in [0.2, 0.25) is 0 Å². The average molecular weight is 291 g/mol. The number of nitrogens with zero attached hydrogens (tertiary/aromatic N) is 2. The summed E-state index contributed by atoms with van der Waals surface area (Å²) in [4.78, 5) is 13.7. The fourth-order valence-electron chi connectivity index (χ4n) is 3.83. The van der Waals surface area contributed by atoms with E-state index in [-0.39, 0.29) is 5.91 Å². The molecule has 2 heterocycles. The van der Waals surface area contributed by atoms with Crippen LogP contribution in [0.5, 0.6) is 0 Å². The average Bonchev–Trinajstić information content (AvgIpc) is 3.08. The molecule has 2 atom stereocenters. The molecular weight excluding hydrogens is 264 g/mol. The number of rotatable bonds is 4. The number of hydrogen-bond donors (Lipinski definition) is 2. The molecule has 1 aliphatic carbocycles. The second-order valence-corrected chi connectivity index (χ2v) is 6.78. The number of carbonyl (C=O) groups is 1. The van der Waals surface area contributed by atoms with Crippen LogP contribution in [0, 0.1) is 5.92 Å². The monoisotopic (exact) mass is 291 g/mol. The van der Waals surface area contributed by atoms with Gasteiger partial charge < -0.3 is 10.2 Å². The molecule has 1 saturated heterocycles. The normalized spacial score (nSPS) is 26.9. The van der Waals surface area contributed by atoms with Gasteiger partial charge in [-0.25, -0.2) is 4.68 Å². The van der Waals surface area contributed by atoms with E-state index in [4.69, 9.17) is 0 Å². The lowest BCUT2D eigenvalue weighted by molar-refractivity contribution is -0.900. The topological polar surface area (TPSA) is 51.4 Å². The number of anilines is 1. The molecule has 2 aliphatic rings. The number of aromatic nitrogens is 2. The van der Waals surface area contributed by atoms with Crippen LogP contribution >= 0.6 is 0 Å². The Morgan fingerprint density at radius 3 is 2.95 bits per heavy atom. The first-order valence-corrected chi connectivity index (χ1v) is 8.39. The van der Waals surface area contributed by atoms with Crippen LogP contribution in [0.3, 0.4) is 0 Å². The third kappa shape index (κ3) is 3.64. The van der Waals surface area contributed by atoms with Crippen LogP contribution in [0.1, 0.15) is 51.5 Å². The van der Waals surface area contributed by atoms with E-state index in [9.17, 15) is 4.79 Å². The molecule has 0 bridgehead atoms. The highest BCUT2D eigenvalue weighted by atomic mass is 16.2. The third-order valence-electron chi connectivity index (χ3n) is 4.88. The summed E-state index contributed by atoms with van der Waals surface area (Å²) in [6.07, 6.45) is 9.24. The summed E-state index contributed by atoms with van der Waals surface area (Å²) in [7, 11) is 0. The maximum Gasteiger partial charge on any atom is 0.280 e. The van der Waals surface area contributed by atoms with Gasteiger partial charge in [0.1, 0.15) is 5.82 Å². The minimum atomic E-state index is 0.124. The third-order valence-corrected chi connectivity index (χ3v) is 4.88. The van der Waals surface area contributed by atoms with Crippen molar-refractivity contribution in [1.29, 1.82) is 0 Å². The molecule has 1 saturated carbocycles. The van der Waals surface area contributed by atoms with Gasteiger partial charge in [-0.3, -0.25) is 4.79 Å². The summed E-state index contributed by atoms with van der Waals surface area (Å²) < 4.78 is 2.01. The Labute approximate surface area is 126 Å². The van der Waals surface area contributed by atoms with E-state index in [0.717, 1.165) is 24.8 Å².